The van der Waals surface area contributed by atoms with E-state index in [9.17, 15) is 9.59 Å². The predicted molar refractivity (Wildman–Crippen MR) is 93.7 cm³/mol. The van der Waals surface area contributed by atoms with Gasteiger partial charge in [0.05, 0.1) is 5.56 Å². The Morgan fingerprint density at radius 3 is 2.61 bits per heavy atom. The van der Waals surface area contributed by atoms with Crippen LogP contribution >= 0.6 is 27.7 Å². The minimum atomic E-state index is -0.916. The lowest BCUT2D eigenvalue weighted by Crippen LogP contribution is -2.30. The molecule has 1 aromatic heterocycles. The molecule has 23 heavy (non-hydrogen) atoms. The van der Waals surface area contributed by atoms with Crippen molar-refractivity contribution in [2.75, 3.05) is 11.6 Å². The van der Waals surface area contributed by atoms with E-state index in [-0.39, 0.29) is 0 Å². The van der Waals surface area contributed by atoms with E-state index in [0.29, 0.717) is 16.3 Å². The maximum Gasteiger partial charge on any atom is 0.341 e. The van der Waals surface area contributed by atoms with Crippen molar-refractivity contribution in [2.45, 2.75) is 18.1 Å². The number of nitrogens with one attached hydrogen (secondary N) is 1. The quantitative estimate of drug-likeness (QED) is 0.617. The Morgan fingerprint density at radius 1 is 1.26 bits per heavy atom. The summed E-state index contributed by atoms with van der Waals surface area (Å²) in [6.45, 7) is 1.53. The molecule has 0 fully saturated rings. The molecule has 0 unspecified atom stereocenters. The van der Waals surface area contributed by atoms with Gasteiger partial charge in [-0.25, -0.2) is 9.78 Å². The molecule has 5 nitrogen and oxygen atoms in total. The number of hydrogen-bond donors (Lipinski definition) is 1. The SMILES string of the molecule is CSc1ncccc1C(=O)O[C@H](C)C(=O)Nc1ccc(Br)cc1. The topological polar surface area (TPSA) is 68.3 Å². The van der Waals surface area contributed by atoms with Crippen molar-refractivity contribution >= 4 is 45.3 Å². The first kappa shape index (κ1) is 17.5. The van der Waals surface area contributed by atoms with E-state index in [4.69, 9.17) is 4.74 Å². The molecule has 7 heteroatoms. The normalized spacial score (nSPS) is 11.6. The Balaban J connectivity index is 2.00. The van der Waals surface area contributed by atoms with Gasteiger partial charge in [0.25, 0.3) is 5.91 Å². The maximum absolute atomic E-state index is 12.2. The number of benzene rings is 1. The number of halogens is 1. The van der Waals surface area contributed by atoms with Crippen LogP contribution in [-0.2, 0) is 9.53 Å². The van der Waals surface area contributed by atoms with E-state index in [1.165, 1.54) is 18.7 Å². The first-order valence-corrected chi connectivity index (χ1v) is 8.79. The molecule has 1 atom stereocenters. The van der Waals surface area contributed by atoms with Crippen molar-refractivity contribution in [3.63, 3.8) is 0 Å². The van der Waals surface area contributed by atoms with Gasteiger partial charge in [0.2, 0.25) is 0 Å². The number of nitrogens with zero attached hydrogens (tertiary/aromatic N) is 1. The van der Waals surface area contributed by atoms with E-state index in [1.54, 1.807) is 30.5 Å². The van der Waals surface area contributed by atoms with Gasteiger partial charge in [0.1, 0.15) is 5.03 Å². The number of carbonyl (C=O) groups excluding carboxylic acids is 2. The monoisotopic (exact) mass is 394 g/mol. The summed E-state index contributed by atoms with van der Waals surface area (Å²) in [4.78, 5) is 28.4. The van der Waals surface area contributed by atoms with Gasteiger partial charge in [0, 0.05) is 16.4 Å². The second kappa shape index (κ2) is 8.12. The van der Waals surface area contributed by atoms with Crippen LogP contribution in [0.5, 0.6) is 0 Å². The van der Waals surface area contributed by atoms with Gasteiger partial charge in [-0.3, -0.25) is 4.79 Å². The molecule has 1 aromatic carbocycles. The van der Waals surface area contributed by atoms with Crippen LogP contribution in [0, 0.1) is 0 Å². The molecular formula is C16H15BrN2O3S. The number of esters is 1. The van der Waals surface area contributed by atoms with Crippen LogP contribution in [0.15, 0.2) is 52.1 Å². The maximum atomic E-state index is 12.2. The summed E-state index contributed by atoms with van der Waals surface area (Å²) >= 11 is 4.67. The Hall–Kier alpha value is -1.86. The van der Waals surface area contributed by atoms with E-state index >= 15 is 0 Å². The van der Waals surface area contributed by atoms with Crippen LogP contribution in [0.1, 0.15) is 17.3 Å². The molecule has 2 rings (SSSR count). The number of anilines is 1. The number of carbonyl (C=O) groups is 2. The number of rotatable bonds is 5. The van der Waals surface area contributed by atoms with Gasteiger partial charge >= 0.3 is 5.97 Å². The molecule has 2 aromatic rings. The van der Waals surface area contributed by atoms with E-state index in [2.05, 4.69) is 26.2 Å². The Morgan fingerprint density at radius 2 is 1.96 bits per heavy atom. The molecule has 0 saturated heterocycles. The highest BCUT2D eigenvalue weighted by Gasteiger charge is 2.21. The zero-order valence-electron chi connectivity index (χ0n) is 12.6. The summed E-state index contributed by atoms with van der Waals surface area (Å²) < 4.78 is 6.14. The molecule has 0 saturated carbocycles. The predicted octanol–water partition coefficient (Wildman–Crippen LogP) is 3.75. The number of hydrogen-bond acceptors (Lipinski definition) is 5. The fourth-order valence-corrected chi connectivity index (χ4v) is 2.57. The van der Waals surface area contributed by atoms with Gasteiger partial charge < -0.3 is 10.1 Å². The highest BCUT2D eigenvalue weighted by atomic mass is 79.9. The number of aromatic nitrogens is 1. The largest absolute Gasteiger partial charge is 0.449 e. The van der Waals surface area contributed by atoms with Crippen LogP contribution in [-0.4, -0.2) is 29.2 Å². The zero-order valence-corrected chi connectivity index (χ0v) is 15.0. The standard InChI is InChI=1S/C16H15BrN2O3S/c1-10(14(20)19-12-7-5-11(17)6-8-12)22-16(21)13-4-3-9-18-15(13)23-2/h3-10H,1-2H3,(H,19,20)/t10-/m1/s1. The lowest BCUT2D eigenvalue weighted by atomic mass is 10.2. The number of amides is 1. The summed E-state index contributed by atoms with van der Waals surface area (Å²) in [7, 11) is 0. The van der Waals surface area contributed by atoms with Gasteiger partial charge in [-0.1, -0.05) is 15.9 Å². The summed E-state index contributed by atoms with van der Waals surface area (Å²) in [6.07, 6.45) is 2.51. The average Bonchev–Trinajstić information content (AvgIpc) is 2.56. The Kier molecular flexibility index (Phi) is 6.18. The molecule has 1 N–H and O–H groups in total. The third kappa shape index (κ3) is 4.80. The molecule has 0 bridgehead atoms. The van der Waals surface area contributed by atoms with Crippen LogP contribution in [0.3, 0.4) is 0 Å². The lowest BCUT2D eigenvalue weighted by Gasteiger charge is -2.14. The van der Waals surface area contributed by atoms with Crippen LogP contribution in [0.4, 0.5) is 5.69 Å². The molecular weight excluding hydrogens is 380 g/mol. The lowest BCUT2D eigenvalue weighted by molar-refractivity contribution is -0.123. The fraction of sp³-hybridized carbons (Fsp3) is 0.188. The molecule has 0 aliphatic heterocycles. The summed E-state index contributed by atoms with van der Waals surface area (Å²) in [5, 5.41) is 3.26. The smallest absolute Gasteiger partial charge is 0.341 e. The van der Waals surface area contributed by atoms with E-state index in [0.717, 1.165) is 4.47 Å². The number of thioether (sulfide) groups is 1. The first-order chi connectivity index (χ1) is 11.0. The average molecular weight is 395 g/mol. The van der Waals surface area contributed by atoms with Gasteiger partial charge in [-0.15, -0.1) is 11.8 Å². The minimum Gasteiger partial charge on any atom is -0.449 e. The number of ether oxygens (including phenoxy) is 1. The van der Waals surface area contributed by atoms with Crippen LogP contribution in [0.25, 0.3) is 0 Å². The molecule has 0 aliphatic carbocycles. The zero-order chi connectivity index (χ0) is 16.8. The third-order valence-corrected chi connectivity index (χ3v) is 4.19. The van der Waals surface area contributed by atoms with Crippen LogP contribution in [0.2, 0.25) is 0 Å². The third-order valence-electron chi connectivity index (χ3n) is 2.95. The Labute approximate surface area is 147 Å². The Bertz CT molecular complexity index is 707. The number of pyridine rings is 1. The van der Waals surface area contributed by atoms with Crippen molar-refractivity contribution in [3.05, 3.63) is 52.6 Å². The molecule has 0 radical (unpaired) electrons. The fourth-order valence-electron chi connectivity index (χ4n) is 1.76. The van der Waals surface area contributed by atoms with Gasteiger partial charge in [0.15, 0.2) is 6.10 Å². The highest BCUT2D eigenvalue weighted by molar-refractivity contribution is 9.10. The summed E-state index contributed by atoms with van der Waals surface area (Å²) in [5.41, 5.74) is 0.982. The summed E-state index contributed by atoms with van der Waals surface area (Å²) in [5.74, 6) is -0.962. The molecule has 0 aliphatic rings. The van der Waals surface area contributed by atoms with E-state index < -0.39 is 18.0 Å². The second-order valence-electron chi connectivity index (χ2n) is 4.60. The second-order valence-corrected chi connectivity index (χ2v) is 6.31. The summed E-state index contributed by atoms with van der Waals surface area (Å²) in [6, 6.07) is 10.4. The molecule has 1 heterocycles. The highest BCUT2D eigenvalue weighted by Crippen LogP contribution is 2.19. The first-order valence-electron chi connectivity index (χ1n) is 6.77. The van der Waals surface area contributed by atoms with Crippen molar-refractivity contribution in [3.8, 4) is 0 Å². The van der Waals surface area contributed by atoms with Crippen molar-refractivity contribution in [1.29, 1.82) is 0 Å². The molecule has 120 valence electrons. The molecule has 0 spiro atoms. The molecule has 1 amide bonds. The van der Waals surface area contributed by atoms with E-state index in [1.807, 2.05) is 18.4 Å². The van der Waals surface area contributed by atoms with Crippen molar-refractivity contribution in [1.82, 2.24) is 4.98 Å². The minimum absolute atomic E-state index is 0.350. The van der Waals surface area contributed by atoms with Crippen molar-refractivity contribution in [2.24, 2.45) is 0 Å². The van der Waals surface area contributed by atoms with Gasteiger partial charge in [-0.2, -0.15) is 0 Å². The van der Waals surface area contributed by atoms with Crippen LogP contribution < -0.4 is 5.32 Å². The van der Waals surface area contributed by atoms with Crippen molar-refractivity contribution < 1.29 is 14.3 Å². The van der Waals surface area contributed by atoms with Gasteiger partial charge in [-0.05, 0) is 49.6 Å².